The Kier molecular flexibility index (Phi) is 7.42. The molecule has 0 amide bonds. The average molecular weight is 717 g/mol. The number of hydrogen-bond acceptors (Lipinski definition) is 4. The van der Waals surface area contributed by atoms with E-state index in [0.29, 0.717) is 17.5 Å². The van der Waals surface area contributed by atoms with Gasteiger partial charge in [0.1, 0.15) is 11.2 Å². The molecule has 0 saturated carbocycles. The highest BCUT2D eigenvalue weighted by Gasteiger charge is 2.22. The Labute approximate surface area is 322 Å². The molecule has 0 fully saturated rings. The fourth-order valence-corrected chi connectivity index (χ4v) is 8.16. The Morgan fingerprint density at radius 1 is 0.339 bits per heavy atom. The number of benzene rings is 8. The molecule has 0 bridgehead atoms. The van der Waals surface area contributed by atoms with Gasteiger partial charge in [-0.2, -0.15) is 0 Å². The van der Waals surface area contributed by atoms with E-state index in [1.165, 1.54) is 16.3 Å². The molecule has 0 aliphatic carbocycles. The first-order chi connectivity index (χ1) is 27.8. The highest BCUT2D eigenvalue weighted by molar-refractivity contribution is 6.21. The minimum atomic E-state index is 0.617. The van der Waals surface area contributed by atoms with Gasteiger partial charge in [0.15, 0.2) is 17.5 Å². The van der Waals surface area contributed by atoms with Crippen molar-refractivity contribution in [3.05, 3.63) is 194 Å². The Morgan fingerprint density at radius 3 is 1.55 bits per heavy atom. The topological polar surface area (TPSA) is 56.7 Å². The molecule has 5 heteroatoms. The third-order valence-electron chi connectivity index (χ3n) is 10.7. The van der Waals surface area contributed by atoms with Gasteiger partial charge in [-0.15, -0.1) is 0 Å². The van der Waals surface area contributed by atoms with Crippen LogP contribution in [-0.2, 0) is 0 Å². The number of fused-ring (bicyclic) bond motifs is 6. The predicted octanol–water partition coefficient (Wildman–Crippen LogP) is 13.2. The van der Waals surface area contributed by atoms with Crippen molar-refractivity contribution in [2.45, 2.75) is 0 Å². The van der Waals surface area contributed by atoms with Crippen molar-refractivity contribution in [2.75, 3.05) is 0 Å². The van der Waals surface area contributed by atoms with Crippen LogP contribution in [0.2, 0.25) is 0 Å². The zero-order valence-corrected chi connectivity index (χ0v) is 30.2. The molecule has 0 aliphatic heterocycles. The monoisotopic (exact) mass is 716 g/mol. The minimum absolute atomic E-state index is 0.617. The van der Waals surface area contributed by atoms with Crippen LogP contribution < -0.4 is 0 Å². The first kappa shape index (κ1) is 31.9. The van der Waals surface area contributed by atoms with E-state index in [-0.39, 0.29) is 0 Å². The van der Waals surface area contributed by atoms with Crippen LogP contribution in [0.15, 0.2) is 199 Å². The van der Waals surface area contributed by atoms with Gasteiger partial charge in [0.25, 0.3) is 0 Å². The zero-order valence-electron chi connectivity index (χ0n) is 30.2. The highest BCUT2D eigenvalue weighted by Crippen LogP contribution is 2.44. The molecule has 0 atom stereocenters. The molecule has 262 valence electrons. The SMILES string of the molecule is c1ccc(-c2nc(-c3ccccc3)nc(-c3ccc(-n4c5ccccc5c5c(-c6cccc7oc8ccccc8c67)cccc54)c(-c4ccccc4)c3)n2)cc1. The number of nitrogens with zero attached hydrogens (tertiary/aromatic N) is 4. The third kappa shape index (κ3) is 5.21. The van der Waals surface area contributed by atoms with Crippen LogP contribution in [0.25, 0.3) is 106 Å². The fourth-order valence-electron chi connectivity index (χ4n) is 8.16. The standard InChI is InChI=1S/C51H32N4O/c1-4-16-33(17-5-1)41-32-36(51-53-49(34-18-6-2-7-19-34)52-50(54-51)35-20-8-3-9-21-35)30-31-43(41)55-42-26-12-10-22-39(42)47-37(24-14-27-44(47)55)38-25-15-29-46-48(38)40-23-11-13-28-45(40)56-46/h1-32H. The summed E-state index contributed by atoms with van der Waals surface area (Å²) in [7, 11) is 0. The maximum Gasteiger partial charge on any atom is 0.164 e. The van der Waals surface area contributed by atoms with E-state index in [1.54, 1.807) is 0 Å². The molecule has 0 saturated heterocycles. The summed E-state index contributed by atoms with van der Waals surface area (Å²) in [6.45, 7) is 0. The molecule has 3 aromatic heterocycles. The molecule has 0 N–H and O–H groups in total. The molecule has 0 aliphatic rings. The summed E-state index contributed by atoms with van der Waals surface area (Å²) in [5, 5.41) is 4.62. The second-order valence-electron chi connectivity index (χ2n) is 14.0. The number of para-hydroxylation sites is 2. The molecule has 11 aromatic rings. The van der Waals surface area contributed by atoms with Crippen LogP contribution in [0, 0.1) is 0 Å². The second kappa shape index (κ2) is 13.0. The maximum absolute atomic E-state index is 6.35. The van der Waals surface area contributed by atoms with Crippen molar-refractivity contribution in [2.24, 2.45) is 0 Å². The molecule has 0 spiro atoms. The van der Waals surface area contributed by atoms with E-state index in [9.17, 15) is 0 Å². The predicted molar refractivity (Wildman–Crippen MR) is 229 cm³/mol. The van der Waals surface area contributed by atoms with Gasteiger partial charge in [-0.1, -0.05) is 152 Å². The van der Waals surface area contributed by atoms with Crippen LogP contribution in [-0.4, -0.2) is 19.5 Å². The van der Waals surface area contributed by atoms with Gasteiger partial charge < -0.3 is 8.98 Å². The Morgan fingerprint density at radius 2 is 0.857 bits per heavy atom. The molecule has 5 nitrogen and oxygen atoms in total. The van der Waals surface area contributed by atoms with Crippen molar-refractivity contribution < 1.29 is 4.42 Å². The number of aromatic nitrogens is 4. The van der Waals surface area contributed by atoms with Gasteiger partial charge in [-0.3, -0.25) is 0 Å². The van der Waals surface area contributed by atoms with E-state index in [2.05, 4.69) is 126 Å². The van der Waals surface area contributed by atoms with Crippen molar-refractivity contribution >= 4 is 43.7 Å². The van der Waals surface area contributed by atoms with Gasteiger partial charge in [-0.05, 0) is 59.2 Å². The first-order valence-electron chi connectivity index (χ1n) is 18.8. The largest absolute Gasteiger partial charge is 0.456 e. The Bertz CT molecular complexity index is 3180. The van der Waals surface area contributed by atoms with Crippen molar-refractivity contribution in [3.8, 4) is 62.1 Å². The highest BCUT2D eigenvalue weighted by atomic mass is 16.3. The maximum atomic E-state index is 6.35. The Hall–Kier alpha value is -7.63. The summed E-state index contributed by atoms with van der Waals surface area (Å²) in [5.41, 5.74) is 12.4. The average Bonchev–Trinajstić information content (AvgIpc) is 3.83. The van der Waals surface area contributed by atoms with Crippen LogP contribution in [0.1, 0.15) is 0 Å². The van der Waals surface area contributed by atoms with Crippen molar-refractivity contribution in [1.82, 2.24) is 19.5 Å². The Balaban J connectivity index is 1.16. The summed E-state index contributed by atoms with van der Waals surface area (Å²) in [5.74, 6) is 1.89. The second-order valence-corrected chi connectivity index (χ2v) is 14.0. The van der Waals surface area contributed by atoms with E-state index in [4.69, 9.17) is 19.4 Å². The summed E-state index contributed by atoms with van der Waals surface area (Å²) in [4.78, 5) is 15.1. The molecule has 0 unspecified atom stereocenters. The summed E-state index contributed by atoms with van der Waals surface area (Å²) >= 11 is 0. The molecular weight excluding hydrogens is 685 g/mol. The summed E-state index contributed by atoms with van der Waals surface area (Å²) in [6.07, 6.45) is 0. The fraction of sp³-hybridized carbons (Fsp3) is 0. The van der Waals surface area contributed by atoms with Gasteiger partial charge in [0, 0.05) is 43.8 Å². The van der Waals surface area contributed by atoms with E-state index in [1.807, 2.05) is 72.8 Å². The molecular formula is C51H32N4O. The number of rotatable bonds is 6. The third-order valence-corrected chi connectivity index (χ3v) is 10.7. The van der Waals surface area contributed by atoms with Crippen molar-refractivity contribution in [1.29, 1.82) is 0 Å². The zero-order chi connectivity index (χ0) is 37.0. The molecule has 11 rings (SSSR count). The lowest BCUT2D eigenvalue weighted by Gasteiger charge is -2.16. The molecule has 0 radical (unpaired) electrons. The lowest BCUT2D eigenvalue weighted by atomic mass is 9.95. The van der Waals surface area contributed by atoms with E-state index >= 15 is 0 Å². The van der Waals surface area contributed by atoms with Crippen LogP contribution in [0.4, 0.5) is 0 Å². The lowest BCUT2D eigenvalue weighted by Crippen LogP contribution is -2.02. The summed E-state index contributed by atoms with van der Waals surface area (Å²) in [6, 6.07) is 67.4. The lowest BCUT2D eigenvalue weighted by molar-refractivity contribution is 0.669. The number of furan rings is 1. The number of hydrogen-bond donors (Lipinski definition) is 0. The van der Waals surface area contributed by atoms with Gasteiger partial charge in [0.05, 0.1) is 16.7 Å². The first-order valence-corrected chi connectivity index (χ1v) is 18.8. The van der Waals surface area contributed by atoms with Gasteiger partial charge in [-0.25, -0.2) is 15.0 Å². The molecule has 8 aromatic carbocycles. The summed E-state index contributed by atoms with van der Waals surface area (Å²) < 4.78 is 8.76. The molecule has 56 heavy (non-hydrogen) atoms. The van der Waals surface area contributed by atoms with Crippen LogP contribution in [0.5, 0.6) is 0 Å². The van der Waals surface area contributed by atoms with Crippen molar-refractivity contribution in [3.63, 3.8) is 0 Å². The quantitative estimate of drug-likeness (QED) is 0.172. The van der Waals surface area contributed by atoms with Crippen LogP contribution in [0.3, 0.4) is 0 Å². The smallest absolute Gasteiger partial charge is 0.164 e. The molecule has 3 heterocycles. The van der Waals surface area contributed by atoms with Gasteiger partial charge in [0.2, 0.25) is 0 Å². The van der Waals surface area contributed by atoms with E-state index < -0.39 is 0 Å². The van der Waals surface area contributed by atoms with E-state index in [0.717, 1.165) is 72.0 Å². The van der Waals surface area contributed by atoms with Gasteiger partial charge >= 0.3 is 0 Å². The van der Waals surface area contributed by atoms with Crippen LogP contribution >= 0.6 is 0 Å². The minimum Gasteiger partial charge on any atom is -0.456 e. The normalized spacial score (nSPS) is 11.6.